The molecule has 3 aliphatic rings. The van der Waals surface area contributed by atoms with E-state index in [2.05, 4.69) is 4.99 Å². The molecule has 0 bridgehead atoms. The van der Waals surface area contributed by atoms with Gasteiger partial charge in [-0.2, -0.15) is 0 Å². The Labute approximate surface area is 136 Å². The van der Waals surface area contributed by atoms with Gasteiger partial charge in [0.2, 0.25) is 6.08 Å². The minimum atomic E-state index is 0.284. The van der Waals surface area contributed by atoms with Crippen LogP contribution in [0.2, 0.25) is 0 Å². The molecular formula is C20H33NO. The average Bonchev–Trinajstić information content (AvgIpc) is 2.59. The van der Waals surface area contributed by atoms with Crippen LogP contribution in [0.5, 0.6) is 0 Å². The Kier molecular flexibility index (Phi) is 6.12. The lowest BCUT2D eigenvalue weighted by Crippen LogP contribution is -2.35. The summed E-state index contributed by atoms with van der Waals surface area (Å²) >= 11 is 0. The van der Waals surface area contributed by atoms with Crippen LogP contribution in [0, 0.1) is 23.7 Å². The Hall–Kier alpha value is -0.620. The largest absolute Gasteiger partial charge is 0.235 e. The molecule has 2 nitrogen and oxygen atoms in total. The van der Waals surface area contributed by atoms with Gasteiger partial charge in [0.05, 0.1) is 6.04 Å². The van der Waals surface area contributed by atoms with E-state index in [0.29, 0.717) is 0 Å². The van der Waals surface area contributed by atoms with Crippen molar-refractivity contribution in [1.82, 2.24) is 0 Å². The lowest BCUT2D eigenvalue weighted by molar-refractivity contribution is 0.0645. The Morgan fingerprint density at radius 1 is 0.636 bits per heavy atom. The van der Waals surface area contributed by atoms with Crippen molar-refractivity contribution >= 4 is 6.08 Å². The van der Waals surface area contributed by atoms with Crippen molar-refractivity contribution in [2.24, 2.45) is 28.7 Å². The first-order chi connectivity index (χ1) is 10.9. The van der Waals surface area contributed by atoms with Crippen LogP contribution in [-0.4, -0.2) is 12.1 Å². The second-order valence-electron chi connectivity index (χ2n) is 8.16. The van der Waals surface area contributed by atoms with Gasteiger partial charge in [-0.1, -0.05) is 64.2 Å². The molecular weight excluding hydrogens is 270 g/mol. The fraction of sp³-hybridized carbons (Fsp3) is 0.950. The third-order valence-electron chi connectivity index (χ3n) is 6.91. The standard InChI is InChI=1S/C20H33NO/c22-15-21-19-13-11-18(12-14-19)20(16-7-3-1-4-8-16)17-9-5-2-6-10-17/h16-20H,1-14H2. The van der Waals surface area contributed by atoms with Crippen LogP contribution in [-0.2, 0) is 4.79 Å². The maximum Gasteiger partial charge on any atom is 0.235 e. The fourth-order valence-electron chi connectivity index (χ4n) is 5.88. The smallest absolute Gasteiger partial charge is 0.211 e. The van der Waals surface area contributed by atoms with Gasteiger partial charge in [0.25, 0.3) is 0 Å². The number of hydrogen-bond acceptors (Lipinski definition) is 2. The molecule has 0 aromatic heterocycles. The third kappa shape index (κ3) is 4.02. The van der Waals surface area contributed by atoms with Crippen molar-refractivity contribution in [3.63, 3.8) is 0 Å². The summed E-state index contributed by atoms with van der Waals surface area (Å²) in [5.74, 6) is 3.92. The topological polar surface area (TPSA) is 29.4 Å². The zero-order chi connectivity index (χ0) is 15.2. The summed E-state index contributed by atoms with van der Waals surface area (Å²) in [6.07, 6.45) is 21.5. The third-order valence-corrected chi connectivity index (χ3v) is 6.91. The number of rotatable bonds is 4. The molecule has 3 saturated carbocycles. The first-order valence-electron chi connectivity index (χ1n) is 9.95. The summed E-state index contributed by atoms with van der Waals surface area (Å²) < 4.78 is 0. The Bertz CT molecular complexity index is 349. The maximum atomic E-state index is 10.5. The molecule has 0 heterocycles. The first-order valence-corrected chi connectivity index (χ1v) is 9.95. The van der Waals surface area contributed by atoms with Gasteiger partial charge in [-0.3, -0.25) is 0 Å². The summed E-state index contributed by atoms with van der Waals surface area (Å²) in [5.41, 5.74) is 0. The minimum absolute atomic E-state index is 0.284. The van der Waals surface area contributed by atoms with Crippen LogP contribution >= 0.6 is 0 Å². The molecule has 22 heavy (non-hydrogen) atoms. The number of aliphatic imine (C=N–C) groups is 1. The molecule has 3 fully saturated rings. The molecule has 2 heteroatoms. The quantitative estimate of drug-likeness (QED) is 0.487. The second kappa shape index (κ2) is 8.29. The van der Waals surface area contributed by atoms with E-state index in [1.165, 1.54) is 77.0 Å². The Morgan fingerprint density at radius 3 is 1.55 bits per heavy atom. The number of hydrogen-bond donors (Lipinski definition) is 0. The van der Waals surface area contributed by atoms with Gasteiger partial charge in [0, 0.05) is 0 Å². The Morgan fingerprint density at radius 2 is 1.09 bits per heavy atom. The molecule has 0 radical (unpaired) electrons. The maximum absolute atomic E-state index is 10.5. The molecule has 0 amide bonds. The highest BCUT2D eigenvalue weighted by atomic mass is 16.1. The summed E-state index contributed by atoms with van der Waals surface area (Å²) in [5, 5.41) is 0. The van der Waals surface area contributed by atoms with E-state index in [1.54, 1.807) is 6.08 Å². The van der Waals surface area contributed by atoms with Crippen molar-refractivity contribution in [1.29, 1.82) is 0 Å². The molecule has 3 aliphatic carbocycles. The molecule has 3 rings (SSSR count). The van der Waals surface area contributed by atoms with E-state index in [1.807, 2.05) is 0 Å². The summed E-state index contributed by atoms with van der Waals surface area (Å²) in [6.45, 7) is 0. The summed E-state index contributed by atoms with van der Waals surface area (Å²) in [7, 11) is 0. The van der Waals surface area contributed by atoms with E-state index in [9.17, 15) is 4.79 Å². The van der Waals surface area contributed by atoms with Crippen LogP contribution in [0.15, 0.2) is 4.99 Å². The lowest BCUT2D eigenvalue weighted by Gasteiger charge is -2.44. The van der Waals surface area contributed by atoms with E-state index < -0.39 is 0 Å². The number of carbonyl (C=O) groups excluding carboxylic acids is 1. The van der Waals surface area contributed by atoms with Crippen LogP contribution in [0.1, 0.15) is 89.9 Å². The van der Waals surface area contributed by atoms with E-state index in [4.69, 9.17) is 0 Å². The SMILES string of the molecule is O=C=NC1CCC(C(C2CCCCC2)C2CCCCC2)CC1. The zero-order valence-electron chi connectivity index (χ0n) is 14.1. The van der Waals surface area contributed by atoms with Gasteiger partial charge in [-0.15, -0.1) is 0 Å². The van der Waals surface area contributed by atoms with E-state index in [-0.39, 0.29) is 6.04 Å². The van der Waals surface area contributed by atoms with Crippen LogP contribution in [0.4, 0.5) is 0 Å². The molecule has 0 atom stereocenters. The fourth-order valence-corrected chi connectivity index (χ4v) is 5.88. The van der Waals surface area contributed by atoms with Gasteiger partial charge >= 0.3 is 0 Å². The van der Waals surface area contributed by atoms with Gasteiger partial charge < -0.3 is 0 Å². The molecule has 0 unspecified atom stereocenters. The normalized spacial score (nSPS) is 31.9. The highest BCUT2D eigenvalue weighted by molar-refractivity contribution is 5.33. The molecule has 124 valence electrons. The summed E-state index contributed by atoms with van der Waals surface area (Å²) in [6, 6.07) is 0.284. The zero-order valence-corrected chi connectivity index (χ0v) is 14.1. The van der Waals surface area contributed by atoms with Crippen molar-refractivity contribution in [2.75, 3.05) is 0 Å². The number of isocyanates is 1. The molecule has 0 aromatic carbocycles. The van der Waals surface area contributed by atoms with Gasteiger partial charge in [0.15, 0.2) is 0 Å². The van der Waals surface area contributed by atoms with Crippen molar-refractivity contribution in [2.45, 2.75) is 95.9 Å². The van der Waals surface area contributed by atoms with E-state index >= 15 is 0 Å². The highest BCUT2D eigenvalue weighted by Crippen LogP contribution is 2.47. The van der Waals surface area contributed by atoms with Crippen molar-refractivity contribution < 1.29 is 4.79 Å². The molecule has 0 N–H and O–H groups in total. The van der Waals surface area contributed by atoms with Gasteiger partial charge in [-0.25, -0.2) is 9.79 Å². The van der Waals surface area contributed by atoms with Crippen molar-refractivity contribution in [3.05, 3.63) is 0 Å². The van der Waals surface area contributed by atoms with Crippen LogP contribution < -0.4 is 0 Å². The lowest BCUT2D eigenvalue weighted by atomic mass is 9.61. The monoisotopic (exact) mass is 303 g/mol. The first kappa shape index (κ1) is 16.2. The molecule has 0 aliphatic heterocycles. The van der Waals surface area contributed by atoms with E-state index in [0.717, 1.165) is 36.5 Å². The molecule has 0 saturated heterocycles. The van der Waals surface area contributed by atoms with Gasteiger partial charge in [-0.05, 0) is 49.4 Å². The summed E-state index contributed by atoms with van der Waals surface area (Å²) in [4.78, 5) is 14.5. The molecule has 0 spiro atoms. The van der Waals surface area contributed by atoms with Gasteiger partial charge in [0.1, 0.15) is 0 Å². The second-order valence-corrected chi connectivity index (χ2v) is 8.16. The predicted octanol–water partition coefficient (Wildman–Crippen LogP) is 5.66. The van der Waals surface area contributed by atoms with Crippen LogP contribution in [0.3, 0.4) is 0 Å². The minimum Gasteiger partial charge on any atom is -0.211 e. The number of nitrogens with zero attached hydrogens (tertiary/aromatic N) is 1. The predicted molar refractivity (Wildman–Crippen MR) is 90.5 cm³/mol. The Balaban J connectivity index is 1.66. The average molecular weight is 303 g/mol. The molecule has 0 aromatic rings. The van der Waals surface area contributed by atoms with Crippen LogP contribution in [0.25, 0.3) is 0 Å². The highest BCUT2D eigenvalue weighted by Gasteiger charge is 2.38. The van der Waals surface area contributed by atoms with Crippen molar-refractivity contribution in [3.8, 4) is 0 Å².